The van der Waals surface area contributed by atoms with Crippen LogP contribution in [0.2, 0.25) is 0 Å². The molecule has 0 unspecified atom stereocenters. The number of alkyl halides is 8. The summed E-state index contributed by atoms with van der Waals surface area (Å²) in [6, 6.07) is 3.92. The fourth-order valence-corrected chi connectivity index (χ4v) is 9.82. The number of nitrogen functional groups attached to an aromatic ring is 1. The van der Waals surface area contributed by atoms with Gasteiger partial charge in [-0.05, 0) is 41.0 Å². The van der Waals surface area contributed by atoms with Gasteiger partial charge in [-0.1, -0.05) is 55.1 Å². The Labute approximate surface area is 484 Å². The number of anilines is 1. The van der Waals surface area contributed by atoms with E-state index in [0.717, 1.165) is 49.9 Å². The summed E-state index contributed by atoms with van der Waals surface area (Å²) in [6.45, 7) is 3.31. The predicted molar refractivity (Wildman–Crippen MR) is 282 cm³/mol. The molecule has 8 heterocycles. The zero-order chi connectivity index (χ0) is 66.2. The molecule has 0 amide bonds. The summed E-state index contributed by atoms with van der Waals surface area (Å²) in [5.74, 6) is -18.3. The molecule has 0 bridgehead atoms. The van der Waals surface area contributed by atoms with Gasteiger partial charge in [0.1, 0.15) is 17.0 Å². The lowest BCUT2D eigenvalue weighted by atomic mass is 9.84. The van der Waals surface area contributed by atoms with Crippen molar-refractivity contribution in [3.63, 3.8) is 0 Å². The SMILES string of the molecule is CC[C@@]1(CN=[N+]=[N-])O[C@@H](n2ccc(=O)[nH]c2=O)C(F)(F)[C@@H]1C.CC[C@@]1(CN=[N+]=[N-])O[C@@H](n2ccc(N)nc2=O)C(F)(F)[C@@H]1C.C[C@H]1C(F)(F)[C@H](n2ccc(=O)[nH]c2=O)O[C@@]1(CO)CN=[N+]=[N-].[N-]=[N+]=NC[C@]1(CO)O[C@@H](n2ccc(=O)[nH]c2=O)C(F)(F)[C@@H]1O. The van der Waals surface area contributed by atoms with Crippen LogP contribution in [0.4, 0.5) is 40.9 Å². The third kappa shape index (κ3) is 13.3. The van der Waals surface area contributed by atoms with E-state index in [1.807, 2.05) is 9.97 Å². The van der Waals surface area contributed by atoms with E-state index in [0.29, 0.717) is 18.3 Å². The first-order valence-corrected chi connectivity index (χ1v) is 25.6. The standard InChI is InChI=1S/C12H16F2N6O2.C12H15F2N5O3.C11H13F2N5O4.C10H11F2N5O5/c1-3-11(6-17-19-16)7(2)12(13,14)9(22-11)20-5-4-8(15)18-10(20)21;1-3-11(6-16-18-15)7(2)12(13,14)9(22-11)19-5-4-8(20)17-10(19)21;1-6-10(5-19,4-15-17-14)22-8(11(6,12)13)18-3-2-7(20)16-9(18)21;11-10(12)6(20)9(4-18,3-14-16-13)22-7(10)17-2-1-5(19)15-8(17)21/h4-5,7,9H,3,6H2,1-2H3,(H2,15,18,21);4-5,7,9H,3,6H2,1-2H3,(H,17,20,21);2-3,6,8,19H,4-5H2,1H3,(H,16,20,21);1-2,6-7,18,20H,3-4H2,(H,15,19,21)/t2*7-,9-,11+;6-,8-,10-;6-,7-,9-/m1111/s1. The average molecular weight is 1270 g/mol. The highest BCUT2D eigenvalue weighted by Gasteiger charge is 2.68. The van der Waals surface area contributed by atoms with E-state index in [9.17, 15) is 84.0 Å². The largest absolute Gasteiger partial charge is 0.393 e. The van der Waals surface area contributed by atoms with Gasteiger partial charge in [0.2, 0.25) is 24.9 Å². The van der Waals surface area contributed by atoms with Crippen molar-refractivity contribution in [2.24, 2.45) is 38.2 Å². The van der Waals surface area contributed by atoms with Crippen LogP contribution in [-0.4, -0.2) is 145 Å². The van der Waals surface area contributed by atoms with E-state index >= 15 is 0 Å². The molecule has 0 radical (unpaired) electrons. The molecule has 4 saturated heterocycles. The summed E-state index contributed by atoms with van der Waals surface area (Å²) < 4.78 is 139. The molecule has 4 fully saturated rings. The van der Waals surface area contributed by atoms with Crippen LogP contribution in [0.25, 0.3) is 41.8 Å². The van der Waals surface area contributed by atoms with Crippen molar-refractivity contribution in [3.05, 3.63) is 164 Å². The van der Waals surface area contributed by atoms with Crippen LogP contribution in [0.15, 0.2) is 103 Å². The minimum Gasteiger partial charge on any atom is -0.393 e. The number of rotatable bonds is 16. The third-order valence-corrected chi connectivity index (χ3v) is 15.4. The predicted octanol–water partition coefficient (Wildman–Crippen LogP) is 3.36. The zero-order valence-corrected chi connectivity index (χ0v) is 46.4. The maximum atomic E-state index is 14.6. The molecule has 35 nitrogen and oxygen atoms in total. The van der Waals surface area contributed by atoms with Crippen LogP contribution in [0.1, 0.15) is 72.4 Å². The van der Waals surface area contributed by atoms with Gasteiger partial charge in [0.05, 0.1) is 68.3 Å². The molecule has 480 valence electrons. The normalized spacial score (nSPS) is 30.0. The Morgan fingerprint density at radius 1 is 0.511 bits per heavy atom. The third-order valence-electron chi connectivity index (χ3n) is 15.4. The summed E-state index contributed by atoms with van der Waals surface area (Å²) in [5, 5.41) is 41.4. The Morgan fingerprint density at radius 2 is 0.795 bits per heavy atom. The number of hydrogen-bond donors (Lipinski definition) is 7. The molecule has 43 heteroatoms. The number of halogens is 8. The molecule has 0 aliphatic carbocycles. The van der Waals surface area contributed by atoms with Gasteiger partial charge in [-0.3, -0.25) is 47.6 Å². The van der Waals surface area contributed by atoms with Crippen LogP contribution in [0.3, 0.4) is 0 Å². The number of aromatic nitrogens is 8. The molecule has 0 aromatic carbocycles. The van der Waals surface area contributed by atoms with Crippen LogP contribution >= 0.6 is 0 Å². The Kier molecular flexibility index (Phi) is 21.5. The Hall–Kier alpha value is -8.88. The summed E-state index contributed by atoms with van der Waals surface area (Å²) >= 11 is 0. The van der Waals surface area contributed by atoms with Crippen molar-refractivity contribution in [3.8, 4) is 0 Å². The molecule has 4 aliphatic heterocycles. The first kappa shape index (κ1) is 69.9. The van der Waals surface area contributed by atoms with E-state index in [-0.39, 0.29) is 31.7 Å². The summed E-state index contributed by atoms with van der Waals surface area (Å²) in [6.07, 6.45) is -6.42. The zero-order valence-electron chi connectivity index (χ0n) is 46.4. The van der Waals surface area contributed by atoms with E-state index < -0.39 is 161 Å². The van der Waals surface area contributed by atoms with Gasteiger partial charge >= 0.3 is 28.7 Å². The minimum atomic E-state index is -3.98. The van der Waals surface area contributed by atoms with E-state index in [2.05, 4.69) is 45.1 Å². The van der Waals surface area contributed by atoms with Gasteiger partial charge in [0, 0.05) is 62.6 Å². The number of nitrogens with one attached hydrogen (secondary N) is 3. The maximum absolute atomic E-state index is 14.6. The highest BCUT2D eigenvalue weighted by Crippen LogP contribution is 2.55. The first-order chi connectivity index (χ1) is 41.1. The molecule has 4 aliphatic rings. The number of ether oxygens (including phenoxy) is 4. The smallest absolute Gasteiger partial charge is 0.351 e. The maximum Gasteiger partial charge on any atom is 0.351 e. The van der Waals surface area contributed by atoms with Crippen molar-refractivity contribution in [1.82, 2.24) is 38.2 Å². The second-order valence-electron chi connectivity index (χ2n) is 20.1. The second kappa shape index (κ2) is 27.0. The molecule has 4 aromatic heterocycles. The average Bonchev–Trinajstić information content (AvgIpc) is 1.72. The minimum absolute atomic E-state index is 0.0635. The molecular formula is C45H55F8N21O14. The Bertz CT molecular complexity index is 3530. The molecule has 88 heavy (non-hydrogen) atoms. The lowest BCUT2D eigenvalue weighted by molar-refractivity contribution is -0.144. The number of aromatic amines is 3. The number of nitrogens with two attached hydrogens (primary N) is 1. The highest BCUT2D eigenvalue weighted by molar-refractivity contribution is 5.24. The lowest BCUT2D eigenvalue weighted by Crippen LogP contribution is -2.51. The summed E-state index contributed by atoms with van der Waals surface area (Å²) in [5.41, 5.74) is 25.7. The Morgan fingerprint density at radius 3 is 1.11 bits per heavy atom. The van der Waals surface area contributed by atoms with Gasteiger partial charge in [-0.25, -0.2) is 45.5 Å². The lowest BCUT2D eigenvalue weighted by Gasteiger charge is -2.29. The number of azide groups is 4. The van der Waals surface area contributed by atoms with Gasteiger partial charge < -0.3 is 40.0 Å². The van der Waals surface area contributed by atoms with Gasteiger partial charge in [0.15, 0.2) is 6.10 Å². The fraction of sp³-hybridized carbons (Fsp3) is 0.644. The number of nitrogens with zero attached hydrogens (tertiary/aromatic N) is 17. The van der Waals surface area contributed by atoms with Gasteiger partial charge in [-0.15, -0.1) is 0 Å². The number of hydrogen-bond acceptors (Lipinski definition) is 20. The van der Waals surface area contributed by atoms with Gasteiger partial charge in [0.25, 0.3) is 34.4 Å². The van der Waals surface area contributed by atoms with Crippen molar-refractivity contribution in [2.75, 3.05) is 45.1 Å². The van der Waals surface area contributed by atoms with E-state index in [4.69, 9.17) is 46.8 Å². The van der Waals surface area contributed by atoms with E-state index in [1.165, 1.54) is 19.9 Å². The number of H-pyrrole nitrogens is 3. The van der Waals surface area contributed by atoms with Crippen molar-refractivity contribution < 1.29 is 69.4 Å². The van der Waals surface area contributed by atoms with Crippen LogP contribution < -0.4 is 45.2 Å². The van der Waals surface area contributed by atoms with Crippen molar-refractivity contribution in [1.29, 1.82) is 0 Å². The summed E-state index contributed by atoms with van der Waals surface area (Å²) in [7, 11) is 0. The molecule has 8 rings (SSSR count). The quantitative estimate of drug-likeness (QED) is 0.0366. The van der Waals surface area contributed by atoms with Crippen LogP contribution in [0.5, 0.6) is 0 Å². The first-order valence-electron chi connectivity index (χ1n) is 25.6. The molecule has 0 saturated carbocycles. The summed E-state index contributed by atoms with van der Waals surface area (Å²) in [4.78, 5) is 98.9. The molecule has 0 spiro atoms. The topological polar surface area (TPSA) is 518 Å². The molecule has 12 atom stereocenters. The molecule has 8 N–H and O–H groups in total. The van der Waals surface area contributed by atoms with Gasteiger partial charge in [-0.2, -0.15) is 13.8 Å². The molecular weight excluding hydrogens is 1210 g/mol. The Balaban J connectivity index is 0.000000214. The second-order valence-corrected chi connectivity index (χ2v) is 20.1. The number of aliphatic hydroxyl groups excluding tert-OH is 3. The van der Waals surface area contributed by atoms with Crippen LogP contribution in [0, 0.1) is 17.8 Å². The molecule has 4 aromatic rings. The number of aliphatic hydroxyl groups is 3. The van der Waals surface area contributed by atoms with Crippen molar-refractivity contribution >= 4 is 5.82 Å². The fourth-order valence-electron chi connectivity index (χ4n) is 9.82. The van der Waals surface area contributed by atoms with Crippen LogP contribution in [-0.2, 0) is 18.9 Å². The van der Waals surface area contributed by atoms with Crippen molar-refractivity contribution in [2.45, 2.75) is 125 Å². The highest BCUT2D eigenvalue weighted by atomic mass is 19.3. The van der Waals surface area contributed by atoms with E-state index in [1.54, 1.807) is 18.8 Å². The monoisotopic (exact) mass is 1270 g/mol.